The predicted octanol–water partition coefficient (Wildman–Crippen LogP) is 0.970. The summed E-state index contributed by atoms with van der Waals surface area (Å²) < 4.78 is 40.8. The maximum atomic E-state index is 12.0. The number of halogens is 3. The molecule has 1 fully saturated rings. The Labute approximate surface area is 102 Å². The summed E-state index contributed by atoms with van der Waals surface area (Å²) in [4.78, 5) is 6.10. The molecule has 2 rings (SSSR count). The van der Waals surface area contributed by atoms with Crippen LogP contribution in [0.5, 0.6) is 0 Å². The lowest BCUT2D eigenvalue weighted by atomic mass is 10.3. The van der Waals surface area contributed by atoms with E-state index >= 15 is 0 Å². The zero-order valence-corrected chi connectivity index (χ0v) is 9.83. The molecule has 0 aliphatic carbocycles. The van der Waals surface area contributed by atoms with E-state index < -0.39 is 12.6 Å². The second kappa shape index (κ2) is 5.66. The quantitative estimate of drug-likeness (QED) is 0.878. The summed E-state index contributed by atoms with van der Waals surface area (Å²) in [6.45, 7) is 4.09. The first-order valence-electron chi connectivity index (χ1n) is 5.84. The third-order valence-corrected chi connectivity index (χ3v) is 2.71. The Bertz CT molecular complexity index is 373. The predicted molar refractivity (Wildman–Crippen MR) is 56.8 cm³/mol. The molecule has 1 aliphatic rings. The molecule has 0 aromatic carbocycles. The van der Waals surface area contributed by atoms with Crippen LogP contribution in [0.4, 0.5) is 13.2 Å². The molecule has 0 amide bonds. The third kappa shape index (κ3) is 4.26. The molecule has 1 saturated heterocycles. The van der Waals surface area contributed by atoms with Crippen LogP contribution in [0, 0.1) is 0 Å². The zero-order valence-electron chi connectivity index (χ0n) is 9.83. The molecule has 0 unspecified atom stereocenters. The molecule has 8 heteroatoms. The molecule has 1 aromatic heterocycles. The topological polar surface area (TPSA) is 54.2 Å². The van der Waals surface area contributed by atoms with Crippen LogP contribution in [0.25, 0.3) is 0 Å². The number of nitrogens with zero attached hydrogens (tertiary/aromatic N) is 3. The van der Waals surface area contributed by atoms with Crippen molar-refractivity contribution in [2.75, 3.05) is 26.2 Å². The number of hydrogen-bond donors (Lipinski definition) is 1. The summed E-state index contributed by atoms with van der Waals surface area (Å²) in [7, 11) is 0. The van der Waals surface area contributed by atoms with Crippen LogP contribution in [0.3, 0.4) is 0 Å². The molecule has 0 spiro atoms. The average Bonchev–Trinajstić information content (AvgIpc) is 2.75. The fourth-order valence-electron chi connectivity index (χ4n) is 1.77. The number of alkyl halides is 3. The Hall–Kier alpha value is -1.15. The molecular weight excluding hydrogens is 249 g/mol. The zero-order chi connectivity index (χ0) is 13.0. The van der Waals surface area contributed by atoms with Gasteiger partial charge in [-0.05, 0) is 0 Å². The Morgan fingerprint density at radius 1 is 1.28 bits per heavy atom. The SMILES string of the molecule is FC(F)(F)CCc1nc(CN2CCNCC2)no1. The van der Waals surface area contributed by atoms with Gasteiger partial charge in [0.15, 0.2) is 5.82 Å². The van der Waals surface area contributed by atoms with Crippen LogP contribution in [-0.4, -0.2) is 47.4 Å². The Morgan fingerprint density at radius 3 is 2.67 bits per heavy atom. The van der Waals surface area contributed by atoms with Gasteiger partial charge in [0.05, 0.1) is 13.0 Å². The number of aromatic nitrogens is 2. The third-order valence-electron chi connectivity index (χ3n) is 2.71. The van der Waals surface area contributed by atoms with Gasteiger partial charge in [0.1, 0.15) is 0 Å². The van der Waals surface area contributed by atoms with Crippen molar-refractivity contribution in [3.05, 3.63) is 11.7 Å². The minimum atomic E-state index is -4.19. The van der Waals surface area contributed by atoms with E-state index in [0.29, 0.717) is 12.4 Å². The van der Waals surface area contributed by atoms with E-state index in [2.05, 4.69) is 20.4 Å². The van der Waals surface area contributed by atoms with Gasteiger partial charge in [0.2, 0.25) is 5.89 Å². The van der Waals surface area contributed by atoms with Gasteiger partial charge >= 0.3 is 6.18 Å². The smallest absolute Gasteiger partial charge is 0.339 e. The van der Waals surface area contributed by atoms with E-state index in [0.717, 1.165) is 26.2 Å². The summed E-state index contributed by atoms with van der Waals surface area (Å²) in [5.74, 6) is 0.506. The molecule has 1 aliphatic heterocycles. The van der Waals surface area contributed by atoms with Crippen molar-refractivity contribution in [3.63, 3.8) is 0 Å². The number of piperazine rings is 1. The molecule has 5 nitrogen and oxygen atoms in total. The molecule has 0 bridgehead atoms. The molecule has 0 saturated carbocycles. The number of rotatable bonds is 4. The van der Waals surface area contributed by atoms with Crippen LogP contribution >= 0.6 is 0 Å². The van der Waals surface area contributed by atoms with Gasteiger partial charge in [0, 0.05) is 32.6 Å². The molecular formula is C10H15F3N4O. The van der Waals surface area contributed by atoms with Gasteiger partial charge in [-0.15, -0.1) is 0 Å². The van der Waals surface area contributed by atoms with Gasteiger partial charge in [-0.25, -0.2) is 0 Å². The van der Waals surface area contributed by atoms with Crippen molar-refractivity contribution in [3.8, 4) is 0 Å². The number of hydrogen-bond acceptors (Lipinski definition) is 5. The number of aryl methyl sites for hydroxylation is 1. The fraction of sp³-hybridized carbons (Fsp3) is 0.800. The van der Waals surface area contributed by atoms with E-state index in [9.17, 15) is 13.2 Å². The monoisotopic (exact) mass is 264 g/mol. The largest absolute Gasteiger partial charge is 0.389 e. The highest BCUT2D eigenvalue weighted by Crippen LogP contribution is 2.21. The minimum absolute atomic E-state index is 0.0532. The van der Waals surface area contributed by atoms with E-state index in [1.807, 2.05) is 0 Å². The lowest BCUT2D eigenvalue weighted by Gasteiger charge is -2.25. The summed E-state index contributed by atoms with van der Waals surface area (Å²) >= 11 is 0. The van der Waals surface area contributed by atoms with E-state index in [1.165, 1.54) is 0 Å². The summed E-state index contributed by atoms with van der Waals surface area (Å²) in [6, 6.07) is 0. The van der Waals surface area contributed by atoms with Crippen LogP contribution in [0.2, 0.25) is 0 Å². The molecule has 1 N–H and O–H groups in total. The van der Waals surface area contributed by atoms with Crippen LogP contribution in [0.15, 0.2) is 4.52 Å². The van der Waals surface area contributed by atoms with Crippen molar-refractivity contribution in [1.82, 2.24) is 20.4 Å². The van der Waals surface area contributed by atoms with E-state index in [1.54, 1.807) is 0 Å². The molecule has 1 aromatic rings. The first-order valence-corrected chi connectivity index (χ1v) is 5.84. The second-order valence-corrected chi connectivity index (χ2v) is 4.25. The van der Waals surface area contributed by atoms with Gasteiger partial charge in [0.25, 0.3) is 0 Å². The summed E-state index contributed by atoms with van der Waals surface area (Å²) in [5.41, 5.74) is 0. The molecule has 0 radical (unpaired) electrons. The second-order valence-electron chi connectivity index (χ2n) is 4.25. The summed E-state index contributed by atoms with van der Waals surface area (Å²) in [5, 5.41) is 6.91. The van der Waals surface area contributed by atoms with E-state index in [-0.39, 0.29) is 12.3 Å². The van der Waals surface area contributed by atoms with Gasteiger partial charge < -0.3 is 9.84 Å². The van der Waals surface area contributed by atoms with Gasteiger partial charge in [-0.1, -0.05) is 5.16 Å². The van der Waals surface area contributed by atoms with Crippen molar-refractivity contribution in [2.24, 2.45) is 0 Å². The maximum Gasteiger partial charge on any atom is 0.389 e. The average molecular weight is 264 g/mol. The van der Waals surface area contributed by atoms with Crippen molar-refractivity contribution in [2.45, 2.75) is 25.6 Å². The highest BCUT2D eigenvalue weighted by atomic mass is 19.4. The van der Waals surface area contributed by atoms with Crippen molar-refractivity contribution >= 4 is 0 Å². The maximum absolute atomic E-state index is 12.0. The first kappa shape index (κ1) is 13.3. The number of nitrogens with one attached hydrogen (secondary N) is 1. The summed E-state index contributed by atoms with van der Waals surface area (Å²) in [6.07, 6.45) is -5.37. The molecule has 18 heavy (non-hydrogen) atoms. The highest BCUT2D eigenvalue weighted by Gasteiger charge is 2.28. The minimum Gasteiger partial charge on any atom is -0.339 e. The Morgan fingerprint density at radius 2 is 2.00 bits per heavy atom. The fourth-order valence-corrected chi connectivity index (χ4v) is 1.77. The van der Waals surface area contributed by atoms with Gasteiger partial charge in [-0.3, -0.25) is 4.90 Å². The Balaban J connectivity index is 1.82. The van der Waals surface area contributed by atoms with Crippen LogP contribution in [-0.2, 0) is 13.0 Å². The van der Waals surface area contributed by atoms with Crippen molar-refractivity contribution in [1.29, 1.82) is 0 Å². The Kier molecular flexibility index (Phi) is 4.18. The normalized spacial score (nSPS) is 18.2. The van der Waals surface area contributed by atoms with E-state index in [4.69, 9.17) is 4.52 Å². The highest BCUT2D eigenvalue weighted by molar-refractivity contribution is 4.88. The van der Waals surface area contributed by atoms with Gasteiger partial charge in [-0.2, -0.15) is 18.2 Å². The van der Waals surface area contributed by atoms with Crippen LogP contribution < -0.4 is 5.32 Å². The first-order chi connectivity index (χ1) is 8.53. The lowest BCUT2D eigenvalue weighted by molar-refractivity contribution is -0.134. The van der Waals surface area contributed by atoms with Crippen molar-refractivity contribution < 1.29 is 17.7 Å². The standard InChI is InChI=1S/C10H15F3N4O/c11-10(12,13)2-1-9-15-8(16-18-9)7-17-5-3-14-4-6-17/h14H,1-7H2. The molecule has 102 valence electrons. The molecule has 0 atom stereocenters. The molecule has 2 heterocycles. The lowest BCUT2D eigenvalue weighted by Crippen LogP contribution is -2.43. The van der Waals surface area contributed by atoms with Crippen LogP contribution in [0.1, 0.15) is 18.1 Å².